The molecule has 0 atom stereocenters. The van der Waals surface area contributed by atoms with Crippen molar-refractivity contribution in [3.63, 3.8) is 0 Å². The molecule has 0 unspecified atom stereocenters. The zero-order valence-corrected chi connectivity index (χ0v) is 19.4. The van der Waals surface area contributed by atoms with Gasteiger partial charge in [-0.25, -0.2) is 4.98 Å². The summed E-state index contributed by atoms with van der Waals surface area (Å²) in [6, 6.07) is 8.25. The molecule has 0 saturated carbocycles. The molecule has 0 saturated heterocycles. The molecule has 2 heterocycles. The lowest BCUT2D eigenvalue weighted by Crippen LogP contribution is -2.41. The van der Waals surface area contributed by atoms with Crippen molar-refractivity contribution < 1.29 is 14.3 Å². The van der Waals surface area contributed by atoms with Gasteiger partial charge < -0.3 is 19.1 Å². The van der Waals surface area contributed by atoms with E-state index in [4.69, 9.17) is 4.74 Å². The Labute approximate surface area is 190 Å². The summed E-state index contributed by atoms with van der Waals surface area (Å²) < 4.78 is 7.06. The molecule has 0 spiro atoms. The summed E-state index contributed by atoms with van der Waals surface area (Å²) in [7, 11) is 1.54. The van der Waals surface area contributed by atoms with Gasteiger partial charge in [-0.15, -0.1) is 0 Å². The molecule has 1 aromatic carbocycles. The number of hydrogen-bond acceptors (Lipinski definition) is 5. The van der Waals surface area contributed by atoms with Gasteiger partial charge in [0.1, 0.15) is 6.61 Å². The van der Waals surface area contributed by atoms with Gasteiger partial charge in [0, 0.05) is 76.9 Å². The van der Waals surface area contributed by atoms with Crippen molar-refractivity contribution in [1.29, 1.82) is 0 Å². The summed E-state index contributed by atoms with van der Waals surface area (Å²) in [6.07, 6.45) is 6.59. The van der Waals surface area contributed by atoms with E-state index in [2.05, 4.69) is 23.7 Å². The van der Waals surface area contributed by atoms with Crippen LogP contribution in [0.2, 0.25) is 0 Å². The minimum Gasteiger partial charge on any atom is -0.375 e. The number of benzene rings is 1. The summed E-state index contributed by atoms with van der Waals surface area (Å²) in [5.74, 6) is 0.0412. The Bertz CT molecular complexity index is 868. The van der Waals surface area contributed by atoms with E-state index in [1.54, 1.807) is 12.5 Å². The van der Waals surface area contributed by atoms with Crippen LogP contribution < -0.4 is 4.90 Å². The van der Waals surface area contributed by atoms with Crippen molar-refractivity contribution in [1.82, 2.24) is 19.4 Å². The molecule has 0 fully saturated rings. The van der Waals surface area contributed by atoms with Crippen molar-refractivity contribution in [2.45, 2.75) is 45.8 Å². The summed E-state index contributed by atoms with van der Waals surface area (Å²) in [6.45, 7) is 8.41. The smallest absolute Gasteiger partial charge is 0.252 e. The maximum absolute atomic E-state index is 13.2. The fourth-order valence-corrected chi connectivity index (χ4v) is 4.10. The van der Waals surface area contributed by atoms with Crippen LogP contribution in [0.1, 0.15) is 32.3 Å². The second-order valence-electron chi connectivity index (χ2n) is 8.46. The van der Waals surface area contributed by atoms with E-state index in [0.717, 1.165) is 30.8 Å². The number of amides is 2. The maximum atomic E-state index is 13.2. The number of carbonyl (C=O) groups excluding carboxylic acids is 2. The van der Waals surface area contributed by atoms with Gasteiger partial charge in [0.2, 0.25) is 5.91 Å². The lowest BCUT2D eigenvalue weighted by atomic mass is 10.1. The standard InChI is InChI=1S/C24H35N5O3/c1-20(2)27-11-6-12-29(24(31)18-32-3)22-8-5-4-7-21(22)17-28(16-15-27)23(30)9-13-26-14-10-25-19-26/h4-5,7-8,10,14,19-20H,6,9,11-13,15-18H2,1-3H3. The Hall–Kier alpha value is -2.71. The van der Waals surface area contributed by atoms with Crippen LogP contribution >= 0.6 is 0 Å². The van der Waals surface area contributed by atoms with Gasteiger partial charge in [0.25, 0.3) is 5.91 Å². The first-order chi connectivity index (χ1) is 15.5. The first-order valence-electron chi connectivity index (χ1n) is 11.3. The van der Waals surface area contributed by atoms with Gasteiger partial charge in [-0.2, -0.15) is 0 Å². The highest BCUT2D eigenvalue weighted by Crippen LogP contribution is 2.24. The topological polar surface area (TPSA) is 70.9 Å². The van der Waals surface area contributed by atoms with E-state index >= 15 is 0 Å². The summed E-state index contributed by atoms with van der Waals surface area (Å²) in [5.41, 5.74) is 1.84. The van der Waals surface area contributed by atoms with Crippen LogP contribution in [0.4, 0.5) is 5.69 Å². The lowest BCUT2D eigenvalue weighted by Gasteiger charge is -2.30. The first kappa shape index (κ1) is 23.9. The number of para-hydroxylation sites is 1. The van der Waals surface area contributed by atoms with Crippen LogP contribution in [0.15, 0.2) is 43.0 Å². The van der Waals surface area contributed by atoms with E-state index in [1.165, 1.54) is 7.11 Å². The third-order valence-electron chi connectivity index (χ3n) is 5.92. The maximum Gasteiger partial charge on any atom is 0.252 e. The second kappa shape index (κ2) is 11.8. The van der Waals surface area contributed by atoms with Crippen molar-refractivity contribution in [2.75, 3.05) is 44.8 Å². The number of aromatic nitrogens is 2. The van der Waals surface area contributed by atoms with Gasteiger partial charge in [-0.1, -0.05) is 18.2 Å². The average molecular weight is 442 g/mol. The largest absolute Gasteiger partial charge is 0.375 e. The van der Waals surface area contributed by atoms with Crippen LogP contribution in [-0.2, 0) is 27.4 Å². The summed E-state index contributed by atoms with van der Waals surface area (Å²) in [5, 5.41) is 0. The highest BCUT2D eigenvalue weighted by atomic mass is 16.5. The number of imidazole rings is 1. The average Bonchev–Trinajstić information content (AvgIpc) is 3.28. The van der Waals surface area contributed by atoms with E-state index < -0.39 is 0 Å². The van der Waals surface area contributed by atoms with Crippen molar-refractivity contribution in [3.8, 4) is 0 Å². The Kier molecular flexibility index (Phi) is 8.81. The van der Waals surface area contributed by atoms with Gasteiger partial charge in [0.05, 0.1) is 6.33 Å². The number of hydrogen-bond donors (Lipinski definition) is 0. The van der Waals surface area contributed by atoms with Gasteiger partial charge in [-0.05, 0) is 31.9 Å². The Morgan fingerprint density at radius 3 is 2.62 bits per heavy atom. The Morgan fingerprint density at radius 2 is 1.91 bits per heavy atom. The zero-order chi connectivity index (χ0) is 22.9. The molecule has 2 aromatic rings. The van der Waals surface area contributed by atoms with Gasteiger partial charge >= 0.3 is 0 Å². The number of rotatable bonds is 6. The number of aryl methyl sites for hydroxylation is 1. The van der Waals surface area contributed by atoms with Crippen LogP contribution in [0, 0.1) is 0 Å². The normalized spacial score (nSPS) is 16.0. The molecular weight excluding hydrogens is 406 g/mol. The fraction of sp³-hybridized carbons (Fsp3) is 0.542. The minimum absolute atomic E-state index is 0.0375. The highest BCUT2D eigenvalue weighted by Gasteiger charge is 2.24. The molecule has 174 valence electrons. The molecule has 0 radical (unpaired) electrons. The predicted octanol–water partition coefficient (Wildman–Crippen LogP) is 2.40. The number of anilines is 1. The van der Waals surface area contributed by atoms with Crippen molar-refractivity contribution >= 4 is 17.5 Å². The first-order valence-corrected chi connectivity index (χ1v) is 11.3. The van der Waals surface area contributed by atoms with Crippen LogP contribution in [0.3, 0.4) is 0 Å². The molecule has 1 aromatic heterocycles. The van der Waals surface area contributed by atoms with Crippen molar-refractivity contribution in [3.05, 3.63) is 48.5 Å². The van der Waals surface area contributed by atoms with Crippen LogP contribution in [0.5, 0.6) is 0 Å². The number of methoxy groups -OCH3 is 1. The fourth-order valence-electron chi connectivity index (χ4n) is 4.10. The molecule has 0 aliphatic carbocycles. The predicted molar refractivity (Wildman–Crippen MR) is 124 cm³/mol. The van der Waals surface area contributed by atoms with Gasteiger partial charge in [-0.3, -0.25) is 14.5 Å². The third-order valence-corrected chi connectivity index (χ3v) is 5.92. The van der Waals surface area contributed by atoms with E-state index in [9.17, 15) is 9.59 Å². The number of ether oxygens (including phenoxy) is 1. The van der Waals surface area contributed by atoms with Gasteiger partial charge in [0.15, 0.2) is 0 Å². The number of fused-ring (bicyclic) bond motifs is 1. The van der Waals surface area contributed by atoms with E-state index in [-0.39, 0.29) is 18.4 Å². The summed E-state index contributed by atoms with van der Waals surface area (Å²) >= 11 is 0. The molecule has 1 aliphatic heterocycles. The highest BCUT2D eigenvalue weighted by molar-refractivity contribution is 5.95. The lowest BCUT2D eigenvalue weighted by molar-refractivity contribution is -0.132. The molecule has 8 nitrogen and oxygen atoms in total. The molecule has 1 aliphatic rings. The Balaban J connectivity index is 1.87. The third kappa shape index (κ3) is 6.40. The minimum atomic E-state index is -0.0618. The monoisotopic (exact) mass is 441 g/mol. The quantitative estimate of drug-likeness (QED) is 0.689. The number of carbonyl (C=O) groups is 2. The molecule has 2 amide bonds. The molecule has 0 bridgehead atoms. The van der Waals surface area contributed by atoms with E-state index in [1.807, 2.05) is 44.8 Å². The SMILES string of the molecule is COCC(=O)N1CCCN(C(C)C)CCN(C(=O)CCn2ccnc2)Cc2ccccc21. The Morgan fingerprint density at radius 1 is 1.09 bits per heavy atom. The summed E-state index contributed by atoms with van der Waals surface area (Å²) in [4.78, 5) is 36.3. The molecule has 32 heavy (non-hydrogen) atoms. The zero-order valence-electron chi connectivity index (χ0n) is 19.4. The van der Waals surface area contributed by atoms with E-state index in [0.29, 0.717) is 38.6 Å². The van der Waals surface area contributed by atoms with Crippen LogP contribution in [-0.4, -0.2) is 77.1 Å². The second-order valence-corrected chi connectivity index (χ2v) is 8.46. The van der Waals surface area contributed by atoms with Crippen molar-refractivity contribution in [2.24, 2.45) is 0 Å². The molecule has 8 heteroatoms. The molecular formula is C24H35N5O3. The number of nitrogens with zero attached hydrogens (tertiary/aromatic N) is 5. The molecule has 0 N–H and O–H groups in total. The van der Waals surface area contributed by atoms with Crippen LogP contribution in [0.25, 0.3) is 0 Å². The molecule has 3 rings (SSSR count).